The van der Waals surface area contributed by atoms with Gasteiger partial charge in [-0.15, -0.1) is 5.10 Å². The first kappa shape index (κ1) is 14.7. The van der Waals surface area contributed by atoms with Crippen LogP contribution >= 0.6 is 11.6 Å². The van der Waals surface area contributed by atoms with Gasteiger partial charge >= 0.3 is 0 Å². The highest BCUT2D eigenvalue weighted by Gasteiger charge is 2.19. The van der Waals surface area contributed by atoms with Gasteiger partial charge in [0.05, 0.1) is 5.02 Å². The second-order valence-corrected chi connectivity index (χ2v) is 5.53. The monoisotopic (exact) mass is 346 g/mol. The molecule has 0 saturated heterocycles. The Bertz CT molecular complexity index is 1080. The average Bonchev–Trinajstić information content (AvgIpc) is 2.96. The van der Waals surface area contributed by atoms with Gasteiger partial charge < -0.3 is 5.73 Å². The number of nitrogens with two attached hydrogens (primary N) is 1. The molecule has 0 spiro atoms. The zero-order valence-electron chi connectivity index (χ0n) is 12.0. The lowest BCUT2D eigenvalue weighted by Crippen LogP contribution is -1.98. The van der Waals surface area contributed by atoms with Gasteiger partial charge in [0.15, 0.2) is 11.5 Å². The van der Waals surface area contributed by atoms with Crippen molar-refractivity contribution in [2.75, 3.05) is 5.73 Å². The minimum absolute atomic E-state index is 0.210. The zero-order valence-corrected chi connectivity index (χ0v) is 12.7. The van der Waals surface area contributed by atoms with Crippen molar-refractivity contribution in [1.82, 2.24) is 24.6 Å². The number of pyridine rings is 3. The molecule has 0 aliphatic carbocycles. The largest absolute Gasteiger partial charge is 0.384 e. The van der Waals surface area contributed by atoms with Gasteiger partial charge in [-0.3, -0.25) is 4.98 Å². The average molecular weight is 347 g/mol. The number of rotatable bonds is 2. The normalized spacial score (nSPS) is 11.7. The summed E-state index contributed by atoms with van der Waals surface area (Å²) in [4.78, 5) is 12.1. The summed E-state index contributed by atoms with van der Waals surface area (Å²) in [6.45, 7) is 0. The molecule has 0 fully saturated rings. The van der Waals surface area contributed by atoms with Crippen molar-refractivity contribution in [3.63, 3.8) is 0 Å². The van der Waals surface area contributed by atoms with Gasteiger partial charge in [-0.2, -0.15) is 0 Å². The van der Waals surface area contributed by atoms with Gasteiger partial charge in [0.25, 0.3) is 6.43 Å². The lowest BCUT2D eigenvalue weighted by Gasteiger charge is -2.08. The lowest BCUT2D eigenvalue weighted by atomic mass is 10.1. The molecule has 0 radical (unpaired) electrons. The van der Waals surface area contributed by atoms with Crippen LogP contribution in [0.4, 0.5) is 14.6 Å². The number of nitrogens with zero attached hydrogens (tertiary/aromatic N) is 5. The van der Waals surface area contributed by atoms with E-state index < -0.39 is 6.43 Å². The predicted octanol–water partition coefficient (Wildman–Crippen LogP) is 3.51. The molecule has 4 rings (SSSR count). The Balaban J connectivity index is 2.01. The molecule has 24 heavy (non-hydrogen) atoms. The van der Waals surface area contributed by atoms with Crippen LogP contribution in [0.2, 0.25) is 5.02 Å². The second kappa shape index (κ2) is 5.34. The van der Waals surface area contributed by atoms with Gasteiger partial charge in [0, 0.05) is 34.9 Å². The second-order valence-electron chi connectivity index (χ2n) is 5.10. The van der Waals surface area contributed by atoms with E-state index in [1.165, 1.54) is 23.0 Å². The van der Waals surface area contributed by atoms with Gasteiger partial charge in [-0.25, -0.2) is 23.3 Å². The number of hydrogen-bond acceptors (Lipinski definition) is 5. The van der Waals surface area contributed by atoms with Crippen molar-refractivity contribution in [2.45, 2.75) is 6.43 Å². The topological polar surface area (TPSA) is 82.0 Å². The van der Waals surface area contributed by atoms with E-state index in [2.05, 4.69) is 20.1 Å². The first-order valence-electron chi connectivity index (χ1n) is 6.87. The SMILES string of the molecule is Nc1cc2c(-c3nc4ccc(Cl)cn4n3)cnc(C(F)F)c2cn1. The van der Waals surface area contributed by atoms with Crippen molar-refractivity contribution >= 4 is 33.8 Å². The molecule has 6 nitrogen and oxygen atoms in total. The van der Waals surface area contributed by atoms with E-state index in [0.717, 1.165) is 0 Å². The Kier molecular flexibility index (Phi) is 3.27. The highest BCUT2D eigenvalue weighted by Crippen LogP contribution is 2.32. The zero-order chi connectivity index (χ0) is 16.8. The van der Waals surface area contributed by atoms with Crippen molar-refractivity contribution in [3.05, 3.63) is 47.5 Å². The highest BCUT2D eigenvalue weighted by atomic mass is 35.5. The first-order chi connectivity index (χ1) is 11.5. The molecule has 0 saturated carbocycles. The van der Waals surface area contributed by atoms with Gasteiger partial charge in [-0.05, 0) is 18.2 Å². The van der Waals surface area contributed by atoms with Crippen molar-refractivity contribution < 1.29 is 8.78 Å². The van der Waals surface area contributed by atoms with Crippen molar-refractivity contribution in [3.8, 4) is 11.4 Å². The quantitative estimate of drug-likeness (QED) is 0.600. The van der Waals surface area contributed by atoms with Crippen LogP contribution in [0.3, 0.4) is 0 Å². The molecule has 0 aliphatic rings. The number of fused-ring (bicyclic) bond motifs is 2. The fourth-order valence-corrected chi connectivity index (χ4v) is 2.65. The Morgan fingerprint density at radius 2 is 1.96 bits per heavy atom. The highest BCUT2D eigenvalue weighted by molar-refractivity contribution is 6.30. The fourth-order valence-electron chi connectivity index (χ4n) is 2.50. The summed E-state index contributed by atoms with van der Waals surface area (Å²) < 4.78 is 27.9. The van der Waals surface area contributed by atoms with Crippen LogP contribution in [-0.4, -0.2) is 24.6 Å². The summed E-state index contributed by atoms with van der Waals surface area (Å²) in [5, 5.41) is 5.52. The molecule has 9 heteroatoms. The summed E-state index contributed by atoms with van der Waals surface area (Å²) in [6.07, 6.45) is 1.49. The number of anilines is 1. The minimum Gasteiger partial charge on any atom is -0.384 e. The van der Waals surface area contributed by atoms with Crippen LogP contribution in [-0.2, 0) is 0 Å². The third-order valence-corrected chi connectivity index (χ3v) is 3.79. The number of halogens is 3. The van der Waals surface area contributed by atoms with E-state index >= 15 is 0 Å². The Morgan fingerprint density at radius 1 is 1.12 bits per heavy atom. The van der Waals surface area contributed by atoms with E-state index in [0.29, 0.717) is 27.4 Å². The van der Waals surface area contributed by atoms with Crippen LogP contribution in [0.1, 0.15) is 12.1 Å². The molecule has 0 atom stereocenters. The molecular weight excluding hydrogens is 338 g/mol. The lowest BCUT2D eigenvalue weighted by molar-refractivity contribution is 0.148. The molecule has 0 aromatic carbocycles. The first-order valence-corrected chi connectivity index (χ1v) is 7.25. The van der Waals surface area contributed by atoms with E-state index in [4.69, 9.17) is 17.3 Å². The van der Waals surface area contributed by atoms with E-state index in [-0.39, 0.29) is 16.9 Å². The summed E-state index contributed by atoms with van der Waals surface area (Å²) in [5.41, 5.74) is 6.42. The summed E-state index contributed by atoms with van der Waals surface area (Å²) in [7, 11) is 0. The van der Waals surface area contributed by atoms with E-state index in [9.17, 15) is 8.78 Å². The smallest absolute Gasteiger partial charge is 0.281 e. The molecule has 120 valence electrons. The molecule has 0 unspecified atom stereocenters. The molecule has 4 aromatic heterocycles. The third-order valence-electron chi connectivity index (χ3n) is 3.57. The number of alkyl halides is 2. The molecule has 0 bridgehead atoms. The Morgan fingerprint density at radius 3 is 2.75 bits per heavy atom. The van der Waals surface area contributed by atoms with E-state index in [1.54, 1.807) is 18.3 Å². The molecule has 0 amide bonds. The summed E-state index contributed by atoms with van der Waals surface area (Å²) >= 11 is 5.94. The minimum atomic E-state index is -2.72. The molecular formula is C15H9ClF2N6. The molecule has 2 N–H and O–H groups in total. The summed E-state index contributed by atoms with van der Waals surface area (Å²) in [5.74, 6) is 0.545. The maximum atomic E-state index is 13.2. The summed E-state index contributed by atoms with van der Waals surface area (Å²) in [6, 6.07) is 4.91. The third kappa shape index (κ3) is 2.31. The maximum Gasteiger partial charge on any atom is 0.281 e. The fraction of sp³-hybridized carbons (Fsp3) is 0.0667. The molecule has 0 aliphatic heterocycles. The number of hydrogen-bond donors (Lipinski definition) is 1. The maximum absolute atomic E-state index is 13.2. The van der Waals surface area contributed by atoms with Gasteiger partial charge in [-0.1, -0.05) is 11.6 Å². The number of nitrogen functional groups attached to an aromatic ring is 1. The molecule has 4 aromatic rings. The van der Waals surface area contributed by atoms with Crippen molar-refractivity contribution in [1.29, 1.82) is 0 Å². The molecule has 4 heterocycles. The van der Waals surface area contributed by atoms with Gasteiger partial charge in [0.1, 0.15) is 11.5 Å². The van der Waals surface area contributed by atoms with Crippen LogP contribution < -0.4 is 5.73 Å². The predicted molar refractivity (Wildman–Crippen MR) is 85.9 cm³/mol. The van der Waals surface area contributed by atoms with Gasteiger partial charge in [0.2, 0.25) is 0 Å². The van der Waals surface area contributed by atoms with Crippen LogP contribution in [0.25, 0.3) is 27.8 Å². The van der Waals surface area contributed by atoms with E-state index in [1.807, 2.05) is 0 Å². The van der Waals surface area contributed by atoms with Crippen LogP contribution in [0, 0.1) is 0 Å². The Labute approximate surface area is 138 Å². The standard InChI is InChI=1S/C15H9ClF2N6/c16-7-1-2-12-22-15(23-24(12)6-7)10-5-21-13(14(17)18)9-4-20-11(19)3-8(9)10/h1-6,14H,(H2,19,20). The Hall–Kier alpha value is -2.87. The van der Waals surface area contributed by atoms with Crippen LogP contribution in [0.5, 0.6) is 0 Å². The number of aromatic nitrogens is 5. The van der Waals surface area contributed by atoms with Crippen molar-refractivity contribution in [2.24, 2.45) is 0 Å². The van der Waals surface area contributed by atoms with Crippen LogP contribution in [0.15, 0.2) is 36.8 Å².